The molecule has 0 aliphatic heterocycles. The van der Waals surface area contributed by atoms with E-state index in [4.69, 9.17) is 5.73 Å². The molecule has 1 aliphatic carbocycles. The molecule has 2 aromatic rings. The SMILES string of the molecule is Cc1cccn2c(CNC(=O)[C@H]3C[C@H](N)[C@@H](O)C3)cnc12. The van der Waals surface area contributed by atoms with E-state index in [2.05, 4.69) is 10.3 Å². The van der Waals surface area contributed by atoms with Gasteiger partial charge in [-0.15, -0.1) is 0 Å². The number of carbonyl (C=O) groups excluding carboxylic acids is 1. The first-order valence-electron chi connectivity index (χ1n) is 7.19. The van der Waals surface area contributed by atoms with Crippen LogP contribution in [0.1, 0.15) is 24.1 Å². The third kappa shape index (κ3) is 2.64. The fourth-order valence-electron chi connectivity index (χ4n) is 2.92. The summed E-state index contributed by atoms with van der Waals surface area (Å²) < 4.78 is 1.98. The van der Waals surface area contributed by atoms with Gasteiger partial charge in [0.25, 0.3) is 0 Å². The maximum absolute atomic E-state index is 12.1. The number of aryl methyl sites for hydroxylation is 1. The van der Waals surface area contributed by atoms with Crippen LogP contribution in [-0.2, 0) is 11.3 Å². The molecule has 1 saturated carbocycles. The van der Waals surface area contributed by atoms with Gasteiger partial charge < -0.3 is 20.6 Å². The number of nitrogens with zero attached hydrogens (tertiary/aromatic N) is 2. The van der Waals surface area contributed by atoms with E-state index in [-0.39, 0.29) is 17.9 Å². The Morgan fingerprint density at radius 1 is 1.57 bits per heavy atom. The van der Waals surface area contributed by atoms with E-state index < -0.39 is 6.10 Å². The van der Waals surface area contributed by atoms with E-state index in [0.717, 1.165) is 16.9 Å². The Labute approximate surface area is 123 Å². The Kier molecular flexibility index (Phi) is 3.65. The van der Waals surface area contributed by atoms with E-state index >= 15 is 0 Å². The fraction of sp³-hybridized carbons (Fsp3) is 0.467. The van der Waals surface area contributed by atoms with Crippen LogP contribution in [0.4, 0.5) is 0 Å². The number of amides is 1. The Bertz CT molecular complexity index is 657. The maximum Gasteiger partial charge on any atom is 0.223 e. The fourth-order valence-corrected chi connectivity index (χ4v) is 2.92. The molecule has 112 valence electrons. The number of imidazole rings is 1. The number of aromatic nitrogens is 2. The lowest BCUT2D eigenvalue weighted by atomic mass is 10.1. The molecule has 1 aliphatic rings. The lowest BCUT2D eigenvalue weighted by Crippen LogP contribution is -2.30. The van der Waals surface area contributed by atoms with Crippen LogP contribution in [-0.4, -0.2) is 32.5 Å². The Hall–Kier alpha value is -1.92. The normalized spacial score (nSPS) is 25.4. The summed E-state index contributed by atoms with van der Waals surface area (Å²) >= 11 is 0. The van der Waals surface area contributed by atoms with E-state index in [0.29, 0.717) is 19.4 Å². The second kappa shape index (κ2) is 5.46. The molecule has 0 bridgehead atoms. The van der Waals surface area contributed by atoms with Gasteiger partial charge >= 0.3 is 0 Å². The Morgan fingerprint density at radius 2 is 2.38 bits per heavy atom. The van der Waals surface area contributed by atoms with Crippen molar-refractivity contribution in [3.8, 4) is 0 Å². The summed E-state index contributed by atoms with van der Waals surface area (Å²) in [5.74, 6) is -0.250. The van der Waals surface area contributed by atoms with Gasteiger partial charge in [-0.25, -0.2) is 4.98 Å². The first kappa shape index (κ1) is 14.0. The van der Waals surface area contributed by atoms with Gasteiger partial charge in [-0.3, -0.25) is 4.79 Å². The molecule has 3 rings (SSSR count). The van der Waals surface area contributed by atoms with Crippen molar-refractivity contribution >= 4 is 11.6 Å². The van der Waals surface area contributed by atoms with Crippen molar-refractivity contribution in [1.29, 1.82) is 0 Å². The Morgan fingerprint density at radius 3 is 3.10 bits per heavy atom. The van der Waals surface area contributed by atoms with Crippen molar-refractivity contribution in [1.82, 2.24) is 14.7 Å². The van der Waals surface area contributed by atoms with Crippen molar-refractivity contribution in [2.75, 3.05) is 0 Å². The van der Waals surface area contributed by atoms with Crippen molar-refractivity contribution in [2.45, 2.75) is 38.5 Å². The minimum Gasteiger partial charge on any atom is -0.391 e. The molecule has 1 fully saturated rings. The summed E-state index contributed by atoms with van der Waals surface area (Å²) in [6.45, 7) is 2.43. The third-order valence-corrected chi connectivity index (χ3v) is 4.20. The zero-order chi connectivity index (χ0) is 15.0. The molecule has 0 aromatic carbocycles. The zero-order valence-corrected chi connectivity index (χ0v) is 12.0. The predicted octanol–water partition coefficient (Wildman–Crippen LogP) is 0.357. The van der Waals surface area contributed by atoms with Gasteiger partial charge in [-0.05, 0) is 31.4 Å². The molecule has 21 heavy (non-hydrogen) atoms. The van der Waals surface area contributed by atoms with E-state index in [1.54, 1.807) is 6.20 Å². The number of fused-ring (bicyclic) bond motifs is 1. The highest BCUT2D eigenvalue weighted by molar-refractivity contribution is 5.79. The van der Waals surface area contributed by atoms with Crippen LogP contribution in [0.5, 0.6) is 0 Å². The third-order valence-electron chi connectivity index (χ3n) is 4.20. The second-order valence-corrected chi connectivity index (χ2v) is 5.75. The van der Waals surface area contributed by atoms with Crippen LogP contribution in [0.15, 0.2) is 24.5 Å². The lowest BCUT2D eigenvalue weighted by Gasteiger charge is -2.10. The summed E-state index contributed by atoms with van der Waals surface area (Å²) in [5.41, 5.74) is 8.68. The van der Waals surface area contributed by atoms with E-state index in [1.165, 1.54) is 0 Å². The van der Waals surface area contributed by atoms with Crippen LogP contribution in [0.3, 0.4) is 0 Å². The van der Waals surface area contributed by atoms with Gasteiger partial charge in [0.1, 0.15) is 5.65 Å². The van der Waals surface area contributed by atoms with Crippen LogP contribution < -0.4 is 11.1 Å². The summed E-state index contributed by atoms with van der Waals surface area (Å²) in [6, 6.07) is 3.67. The standard InChI is InChI=1S/C15H20N4O2/c1-9-3-2-4-19-11(7-17-14(9)19)8-18-15(21)10-5-12(16)13(20)6-10/h2-4,7,10,12-13,20H,5-6,8,16H2,1H3,(H,18,21)/t10-,12-,13-/m0/s1. The molecule has 2 aromatic heterocycles. The molecule has 0 saturated heterocycles. The number of rotatable bonds is 3. The predicted molar refractivity (Wildman–Crippen MR) is 78.5 cm³/mol. The molecule has 3 atom stereocenters. The quantitative estimate of drug-likeness (QED) is 0.760. The highest BCUT2D eigenvalue weighted by Gasteiger charge is 2.34. The summed E-state index contributed by atoms with van der Waals surface area (Å²) in [4.78, 5) is 16.5. The summed E-state index contributed by atoms with van der Waals surface area (Å²) in [6.07, 6.45) is 4.13. The molecular formula is C15H20N4O2. The van der Waals surface area contributed by atoms with Crippen LogP contribution in [0.25, 0.3) is 5.65 Å². The molecule has 6 heteroatoms. The number of nitrogens with two attached hydrogens (primary N) is 1. The van der Waals surface area contributed by atoms with Crippen molar-refractivity contribution in [3.63, 3.8) is 0 Å². The minimum atomic E-state index is -0.570. The lowest BCUT2D eigenvalue weighted by molar-refractivity contribution is -0.125. The van der Waals surface area contributed by atoms with Crippen LogP contribution in [0.2, 0.25) is 0 Å². The van der Waals surface area contributed by atoms with Crippen molar-refractivity contribution in [3.05, 3.63) is 35.8 Å². The first-order chi connectivity index (χ1) is 10.1. The van der Waals surface area contributed by atoms with Gasteiger partial charge in [-0.1, -0.05) is 6.07 Å². The highest BCUT2D eigenvalue weighted by Crippen LogP contribution is 2.24. The monoisotopic (exact) mass is 288 g/mol. The molecule has 6 nitrogen and oxygen atoms in total. The minimum absolute atomic E-state index is 0.0513. The second-order valence-electron chi connectivity index (χ2n) is 5.75. The highest BCUT2D eigenvalue weighted by atomic mass is 16.3. The van der Waals surface area contributed by atoms with Crippen LogP contribution >= 0.6 is 0 Å². The Balaban J connectivity index is 1.67. The maximum atomic E-state index is 12.1. The van der Waals surface area contributed by atoms with Gasteiger partial charge in [0.15, 0.2) is 0 Å². The smallest absolute Gasteiger partial charge is 0.223 e. The number of aliphatic hydroxyl groups is 1. The van der Waals surface area contributed by atoms with Gasteiger partial charge in [0, 0.05) is 18.2 Å². The number of aliphatic hydroxyl groups excluding tert-OH is 1. The summed E-state index contributed by atoms with van der Waals surface area (Å²) in [5, 5.41) is 12.5. The average Bonchev–Trinajstić information content (AvgIpc) is 3.02. The molecule has 4 N–H and O–H groups in total. The average molecular weight is 288 g/mol. The number of hydrogen-bond donors (Lipinski definition) is 3. The molecular weight excluding hydrogens is 268 g/mol. The van der Waals surface area contributed by atoms with Crippen molar-refractivity contribution in [2.24, 2.45) is 11.7 Å². The largest absolute Gasteiger partial charge is 0.391 e. The van der Waals surface area contributed by atoms with Crippen LogP contribution in [0, 0.1) is 12.8 Å². The number of nitrogens with one attached hydrogen (secondary N) is 1. The molecule has 0 radical (unpaired) electrons. The topological polar surface area (TPSA) is 92.7 Å². The van der Waals surface area contributed by atoms with E-state index in [1.807, 2.05) is 29.7 Å². The van der Waals surface area contributed by atoms with Gasteiger partial charge in [-0.2, -0.15) is 0 Å². The number of pyridine rings is 1. The van der Waals surface area contributed by atoms with Gasteiger partial charge in [0.05, 0.1) is 24.5 Å². The molecule has 0 unspecified atom stereocenters. The van der Waals surface area contributed by atoms with Gasteiger partial charge in [0.2, 0.25) is 5.91 Å². The number of carbonyl (C=O) groups is 1. The molecule has 1 amide bonds. The van der Waals surface area contributed by atoms with Crippen molar-refractivity contribution < 1.29 is 9.90 Å². The first-order valence-corrected chi connectivity index (χ1v) is 7.19. The summed E-state index contributed by atoms with van der Waals surface area (Å²) in [7, 11) is 0. The zero-order valence-electron chi connectivity index (χ0n) is 12.0. The molecule has 2 heterocycles. The number of hydrogen-bond acceptors (Lipinski definition) is 4. The van der Waals surface area contributed by atoms with E-state index in [9.17, 15) is 9.90 Å². The molecule has 0 spiro atoms.